The topological polar surface area (TPSA) is 18.5 Å². The Morgan fingerprint density at radius 3 is 2.58 bits per heavy atom. The second kappa shape index (κ2) is 4.24. The van der Waals surface area contributed by atoms with Crippen LogP contribution < -0.4 is 0 Å². The van der Waals surface area contributed by atoms with Gasteiger partial charge in [-0.15, -0.1) is 0 Å². The Bertz CT molecular complexity index is 132. The van der Waals surface area contributed by atoms with Crippen molar-refractivity contribution in [2.75, 3.05) is 20.3 Å². The lowest BCUT2D eigenvalue weighted by Gasteiger charge is -2.48. The second-order valence-corrected chi connectivity index (χ2v) is 3.74. The molecule has 0 saturated carbocycles. The Balaban J connectivity index is 2.43. The third-order valence-corrected chi connectivity index (χ3v) is 2.94. The number of hydrogen-bond acceptors (Lipinski definition) is 2. The number of rotatable bonds is 5. The van der Waals surface area contributed by atoms with Crippen LogP contribution in [0, 0.1) is 5.41 Å². The molecule has 0 N–H and O–H groups in total. The van der Waals surface area contributed by atoms with Gasteiger partial charge in [-0.2, -0.15) is 0 Å². The fourth-order valence-electron chi connectivity index (χ4n) is 1.94. The predicted octanol–water partition coefficient (Wildman–Crippen LogP) is 2.23. The van der Waals surface area contributed by atoms with Crippen molar-refractivity contribution < 1.29 is 9.47 Å². The van der Waals surface area contributed by atoms with Crippen molar-refractivity contribution in [2.24, 2.45) is 5.41 Å². The molecule has 0 aromatic carbocycles. The fraction of sp³-hybridized carbons (Fsp3) is 1.00. The van der Waals surface area contributed by atoms with Crippen molar-refractivity contribution in [3.05, 3.63) is 0 Å². The van der Waals surface area contributed by atoms with Gasteiger partial charge in [0.15, 0.2) is 0 Å². The van der Waals surface area contributed by atoms with Crippen LogP contribution in [0.2, 0.25) is 0 Å². The molecule has 1 saturated heterocycles. The van der Waals surface area contributed by atoms with Crippen LogP contribution in [-0.4, -0.2) is 26.4 Å². The molecule has 2 unspecified atom stereocenters. The molecule has 1 heterocycles. The van der Waals surface area contributed by atoms with Crippen molar-refractivity contribution in [3.63, 3.8) is 0 Å². The van der Waals surface area contributed by atoms with E-state index < -0.39 is 0 Å². The molecule has 1 fully saturated rings. The van der Waals surface area contributed by atoms with Gasteiger partial charge in [-0.3, -0.25) is 0 Å². The Morgan fingerprint density at radius 1 is 1.50 bits per heavy atom. The standard InChI is InChI=1S/C10H20O2/c1-4-6-9-10(5-2,7-11-3)8-12-9/h9H,4-8H2,1-3H3. The van der Waals surface area contributed by atoms with E-state index in [0.717, 1.165) is 13.2 Å². The number of ether oxygens (including phenoxy) is 2. The van der Waals surface area contributed by atoms with Crippen LogP contribution in [0.5, 0.6) is 0 Å². The second-order valence-electron chi connectivity index (χ2n) is 3.74. The highest BCUT2D eigenvalue weighted by Gasteiger charge is 2.46. The summed E-state index contributed by atoms with van der Waals surface area (Å²) in [5, 5.41) is 0. The van der Waals surface area contributed by atoms with E-state index in [1.807, 2.05) is 0 Å². The molecule has 0 spiro atoms. The first kappa shape index (κ1) is 10.0. The van der Waals surface area contributed by atoms with Gasteiger partial charge in [-0.25, -0.2) is 0 Å². The van der Waals surface area contributed by atoms with E-state index in [2.05, 4.69) is 13.8 Å². The van der Waals surface area contributed by atoms with Crippen LogP contribution in [-0.2, 0) is 9.47 Å². The highest BCUT2D eigenvalue weighted by atomic mass is 16.5. The zero-order chi connectivity index (χ0) is 9.03. The summed E-state index contributed by atoms with van der Waals surface area (Å²) >= 11 is 0. The molecule has 0 aromatic rings. The summed E-state index contributed by atoms with van der Waals surface area (Å²) in [6.45, 7) is 6.18. The molecule has 2 nitrogen and oxygen atoms in total. The van der Waals surface area contributed by atoms with Crippen LogP contribution in [0.4, 0.5) is 0 Å². The molecule has 1 rings (SSSR count). The molecular formula is C10H20O2. The maximum Gasteiger partial charge on any atom is 0.0675 e. The van der Waals surface area contributed by atoms with Crippen molar-refractivity contribution in [1.82, 2.24) is 0 Å². The lowest BCUT2D eigenvalue weighted by atomic mass is 9.75. The van der Waals surface area contributed by atoms with Gasteiger partial charge in [0.25, 0.3) is 0 Å². The molecule has 2 heteroatoms. The largest absolute Gasteiger partial charge is 0.384 e. The SMILES string of the molecule is CCCC1OCC1(CC)COC. The summed E-state index contributed by atoms with van der Waals surface area (Å²) in [6.07, 6.45) is 4.01. The summed E-state index contributed by atoms with van der Waals surface area (Å²) in [5.74, 6) is 0. The first-order valence-corrected chi connectivity index (χ1v) is 4.89. The molecule has 0 amide bonds. The summed E-state index contributed by atoms with van der Waals surface area (Å²) in [7, 11) is 1.78. The van der Waals surface area contributed by atoms with Gasteiger partial charge in [0.2, 0.25) is 0 Å². The Labute approximate surface area is 75.2 Å². The van der Waals surface area contributed by atoms with E-state index in [4.69, 9.17) is 9.47 Å². The predicted molar refractivity (Wildman–Crippen MR) is 49.2 cm³/mol. The zero-order valence-corrected chi connectivity index (χ0v) is 8.43. The first-order chi connectivity index (χ1) is 5.79. The monoisotopic (exact) mass is 172 g/mol. The average molecular weight is 172 g/mol. The maximum atomic E-state index is 5.55. The van der Waals surface area contributed by atoms with Crippen molar-refractivity contribution >= 4 is 0 Å². The van der Waals surface area contributed by atoms with Gasteiger partial charge in [0.1, 0.15) is 0 Å². The molecule has 0 bridgehead atoms. The van der Waals surface area contributed by atoms with Gasteiger partial charge in [0, 0.05) is 12.5 Å². The van der Waals surface area contributed by atoms with Gasteiger partial charge in [-0.1, -0.05) is 20.3 Å². The zero-order valence-electron chi connectivity index (χ0n) is 8.43. The molecule has 12 heavy (non-hydrogen) atoms. The van der Waals surface area contributed by atoms with Crippen LogP contribution in [0.3, 0.4) is 0 Å². The first-order valence-electron chi connectivity index (χ1n) is 4.89. The normalized spacial score (nSPS) is 34.8. The van der Waals surface area contributed by atoms with E-state index in [-0.39, 0.29) is 0 Å². The lowest BCUT2D eigenvalue weighted by Crippen LogP contribution is -2.54. The van der Waals surface area contributed by atoms with Crippen LogP contribution in [0.15, 0.2) is 0 Å². The highest BCUT2D eigenvalue weighted by molar-refractivity contribution is 4.93. The van der Waals surface area contributed by atoms with E-state index in [1.54, 1.807) is 7.11 Å². The quantitative estimate of drug-likeness (QED) is 0.633. The van der Waals surface area contributed by atoms with Gasteiger partial charge < -0.3 is 9.47 Å². The summed E-state index contributed by atoms with van der Waals surface area (Å²) < 4.78 is 10.8. The molecule has 72 valence electrons. The van der Waals surface area contributed by atoms with Crippen LogP contribution >= 0.6 is 0 Å². The van der Waals surface area contributed by atoms with E-state index >= 15 is 0 Å². The Morgan fingerprint density at radius 2 is 2.25 bits per heavy atom. The van der Waals surface area contributed by atoms with Crippen molar-refractivity contribution in [1.29, 1.82) is 0 Å². The minimum absolute atomic E-state index is 0.338. The van der Waals surface area contributed by atoms with Crippen LogP contribution in [0.25, 0.3) is 0 Å². The number of hydrogen-bond donors (Lipinski definition) is 0. The minimum Gasteiger partial charge on any atom is -0.384 e. The van der Waals surface area contributed by atoms with Crippen molar-refractivity contribution in [2.45, 2.75) is 39.2 Å². The molecule has 1 aliphatic heterocycles. The van der Waals surface area contributed by atoms with E-state index in [0.29, 0.717) is 11.5 Å². The molecule has 1 aliphatic rings. The fourth-order valence-corrected chi connectivity index (χ4v) is 1.94. The van der Waals surface area contributed by atoms with Gasteiger partial charge in [-0.05, 0) is 12.8 Å². The average Bonchev–Trinajstić information content (AvgIpc) is 2.08. The van der Waals surface area contributed by atoms with Crippen LogP contribution in [0.1, 0.15) is 33.1 Å². The minimum atomic E-state index is 0.338. The summed E-state index contributed by atoms with van der Waals surface area (Å²) in [6, 6.07) is 0. The highest BCUT2D eigenvalue weighted by Crippen LogP contribution is 2.40. The van der Waals surface area contributed by atoms with Crippen molar-refractivity contribution in [3.8, 4) is 0 Å². The third kappa shape index (κ3) is 1.64. The maximum absolute atomic E-state index is 5.55. The lowest BCUT2D eigenvalue weighted by molar-refractivity contribution is -0.212. The molecule has 0 aromatic heterocycles. The Hall–Kier alpha value is -0.0800. The smallest absolute Gasteiger partial charge is 0.0675 e. The molecule has 2 atom stereocenters. The summed E-state index contributed by atoms with van der Waals surface area (Å²) in [4.78, 5) is 0. The molecular weight excluding hydrogens is 152 g/mol. The van der Waals surface area contributed by atoms with Gasteiger partial charge in [0.05, 0.1) is 19.3 Å². The third-order valence-electron chi connectivity index (χ3n) is 2.94. The van der Waals surface area contributed by atoms with E-state index in [9.17, 15) is 0 Å². The Kier molecular flexibility index (Phi) is 3.53. The molecule has 0 aliphatic carbocycles. The van der Waals surface area contributed by atoms with Gasteiger partial charge >= 0.3 is 0 Å². The molecule has 0 radical (unpaired) electrons. The van der Waals surface area contributed by atoms with E-state index in [1.165, 1.54) is 19.3 Å². The summed E-state index contributed by atoms with van der Waals surface area (Å²) in [5.41, 5.74) is 0.338. The number of methoxy groups -OCH3 is 1.